The highest BCUT2D eigenvalue weighted by Crippen LogP contribution is 2.34. The van der Waals surface area contributed by atoms with Crippen LogP contribution in [-0.2, 0) is 13.1 Å². The number of benzene rings is 4. The van der Waals surface area contributed by atoms with Crippen LogP contribution in [0.1, 0.15) is 16.7 Å². The molecule has 5 rings (SSSR count). The Balaban J connectivity index is 1.57. The molecule has 0 amide bonds. The summed E-state index contributed by atoms with van der Waals surface area (Å²) in [6, 6.07) is 28.6. The summed E-state index contributed by atoms with van der Waals surface area (Å²) in [7, 11) is 0. The van der Waals surface area contributed by atoms with Gasteiger partial charge in [-0.25, -0.2) is 0 Å². The molecule has 1 aromatic heterocycles. The second-order valence-corrected chi connectivity index (χ2v) is 11.1. The third kappa shape index (κ3) is 6.25. The second-order valence-electron chi connectivity index (χ2n) is 9.46. The number of para-hydroxylation sites is 3. The summed E-state index contributed by atoms with van der Waals surface area (Å²) in [5.74, 6) is 0. The van der Waals surface area contributed by atoms with Crippen LogP contribution in [-0.4, -0.2) is 4.57 Å². The van der Waals surface area contributed by atoms with Crippen LogP contribution in [0.5, 0.6) is 0 Å². The second kappa shape index (κ2) is 12.3. The van der Waals surface area contributed by atoms with E-state index in [1.54, 1.807) is 18.2 Å². The Morgan fingerprint density at radius 2 is 1.51 bits per heavy atom. The molecular weight excluding hydrogens is 594 g/mol. The van der Waals surface area contributed by atoms with Gasteiger partial charge in [-0.15, -0.1) is 0 Å². The number of allylic oxidation sites excluding steroid dienone is 1. The van der Waals surface area contributed by atoms with E-state index in [0.29, 0.717) is 55.8 Å². The number of fused-ring (bicyclic) bond motifs is 1. The fourth-order valence-corrected chi connectivity index (χ4v) is 5.65. The smallest absolute Gasteiger partial charge is 0.101 e. The van der Waals surface area contributed by atoms with E-state index in [0.717, 1.165) is 27.6 Å². The molecule has 0 fully saturated rings. The maximum absolute atomic E-state index is 10.3. The number of nitrogens with zero attached hydrogens (tertiary/aromatic N) is 3. The summed E-state index contributed by atoms with van der Waals surface area (Å²) >= 11 is 25.3. The molecule has 204 valence electrons. The lowest BCUT2D eigenvalue weighted by molar-refractivity contribution is 0.836. The van der Waals surface area contributed by atoms with E-state index in [9.17, 15) is 5.26 Å². The first-order valence-corrected chi connectivity index (χ1v) is 14.1. The third-order valence-corrected chi connectivity index (χ3v) is 7.98. The number of aromatic nitrogens is 1. The molecule has 5 aromatic rings. The predicted octanol–water partition coefficient (Wildman–Crippen LogP) is 10.0. The topological polar surface area (TPSA) is 58.0 Å². The lowest BCUT2D eigenvalue weighted by Gasteiger charge is -2.28. The molecule has 0 aliphatic carbocycles. The van der Waals surface area contributed by atoms with E-state index in [1.165, 1.54) is 0 Å². The highest BCUT2D eigenvalue weighted by molar-refractivity contribution is 6.35. The molecule has 2 N–H and O–H groups in total. The van der Waals surface area contributed by atoms with Crippen LogP contribution in [0.15, 0.2) is 109 Å². The summed E-state index contributed by atoms with van der Waals surface area (Å²) in [6.45, 7) is 5.20. The largest absolute Gasteiger partial charge is 0.397 e. The fraction of sp³-hybridized carbons (Fsp3) is 0.0606. The summed E-state index contributed by atoms with van der Waals surface area (Å²) in [6.07, 6.45) is 3.86. The van der Waals surface area contributed by atoms with Gasteiger partial charge in [0.15, 0.2) is 0 Å². The monoisotopic (exact) mass is 616 g/mol. The third-order valence-electron chi connectivity index (χ3n) is 6.80. The van der Waals surface area contributed by atoms with Crippen molar-refractivity contribution in [1.82, 2.24) is 4.57 Å². The van der Waals surface area contributed by atoms with Gasteiger partial charge in [0, 0.05) is 55.8 Å². The molecule has 0 atom stereocenters. The molecule has 0 aliphatic heterocycles. The quantitative estimate of drug-likeness (QED) is 0.107. The van der Waals surface area contributed by atoms with Gasteiger partial charge >= 0.3 is 0 Å². The summed E-state index contributed by atoms with van der Waals surface area (Å²) in [5, 5.41) is 13.6. The molecule has 0 bridgehead atoms. The minimum atomic E-state index is 0.332. The van der Waals surface area contributed by atoms with Crippen molar-refractivity contribution in [2.24, 2.45) is 0 Å². The van der Waals surface area contributed by atoms with Crippen molar-refractivity contribution < 1.29 is 0 Å². The minimum Gasteiger partial charge on any atom is -0.397 e. The van der Waals surface area contributed by atoms with E-state index < -0.39 is 0 Å². The minimum absolute atomic E-state index is 0.332. The molecule has 8 heteroatoms. The highest BCUT2D eigenvalue weighted by atomic mass is 35.5. The van der Waals surface area contributed by atoms with Gasteiger partial charge in [0.25, 0.3) is 0 Å². The van der Waals surface area contributed by atoms with Gasteiger partial charge < -0.3 is 15.2 Å². The van der Waals surface area contributed by atoms with Crippen LogP contribution in [0, 0.1) is 11.3 Å². The van der Waals surface area contributed by atoms with Crippen LogP contribution in [0.25, 0.3) is 17.0 Å². The maximum Gasteiger partial charge on any atom is 0.101 e. The Labute approximate surface area is 259 Å². The first-order valence-electron chi connectivity index (χ1n) is 12.6. The molecule has 41 heavy (non-hydrogen) atoms. The lowest BCUT2D eigenvalue weighted by atomic mass is 10.1. The molecular formula is C33H24Cl4N4. The molecule has 4 aromatic carbocycles. The van der Waals surface area contributed by atoms with Gasteiger partial charge in [-0.2, -0.15) is 5.26 Å². The average Bonchev–Trinajstić information content (AvgIpc) is 3.30. The zero-order valence-electron chi connectivity index (χ0n) is 21.8. The maximum atomic E-state index is 10.3. The van der Waals surface area contributed by atoms with Crippen LogP contribution in [0.3, 0.4) is 0 Å². The fourth-order valence-electron chi connectivity index (χ4n) is 4.72. The summed E-state index contributed by atoms with van der Waals surface area (Å²) in [5.41, 5.74) is 12.1. The number of hydrogen-bond donors (Lipinski definition) is 1. The number of hydrogen-bond acceptors (Lipinski definition) is 3. The van der Waals surface area contributed by atoms with Gasteiger partial charge in [-0.05, 0) is 59.7 Å². The van der Waals surface area contributed by atoms with Crippen LogP contribution in [0.4, 0.5) is 11.4 Å². The molecule has 0 unspecified atom stereocenters. The average molecular weight is 618 g/mol. The van der Waals surface area contributed by atoms with Crippen LogP contribution < -0.4 is 10.6 Å². The predicted molar refractivity (Wildman–Crippen MR) is 174 cm³/mol. The Kier molecular flexibility index (Phi) is 8.63. The van der Waals surface area contributed by atoms with Gasteiger partial charge in [-0.3, -0.25) is 0 Å². The van der Waals surface area contributed by atoms with E-state index in [-0.39, 0.29) is 0 Å². The Morgan fingerprint density at radius 3 is 2.17 bits per heavy atom. The molecule has 4 nitrogen and oxygen atoms in total. The summed E-state index contributed by atoms with van der Waals surface area (Å²) < 4.78 is 2.11. The van der Waals surface area contributed by atoms with Crippen molar-refractivity contribution >= 4 is 74.8 Å². The van der Waals surface area contributed by atoms with E-state index in [2.05, 4.69) is 17.2 Å². The number of anilines is 2. The number of nitrogens with two attached hydrogens (primary N) is 1. The number of halogens is 4. The van der Waals surface area contributed by atoms with Gasteiger partial charge in [0.05, 0.1) is 22.6 Å². The Hall–Kier alpha value is -3.85. The van der Waals surface area contributed by atoms with Gasteiger partial charge in [-0.1, -0.05) is 95.4 Å². The molecule has 1 heterocycles. The number of nitriles is 1. The van der Waals surface area contributed by atoms with Crippen molar-refractivity contribution in [1.29, 1.82) is 5.26 Å². The van der Waals surface area contributed by atoms with Crippen LogP contribution in [0.2, 0.25) is 20.1 Å². The van der Waals surface area contributed by atoms with Gasteiger partial charge in [0.2, 0.25) is 0 Å². The molecule has 0 saturated heterocycles. The summed E-state index contributed by atoms with van der Waals surface area (Å²) in [4.78, 5) is 1.90. The van der Waals surface area contributed by atoms with Crippen LogP contribution >= 0.6 is 46.4 Å². The van der Waals surface area contributed by atoms with Crippen molar-refractivity contribution in [2.75, 3.05) is 10.6 Å². The number of nitrogen functional groups attached to an aromatic ring is 1. The standard InChI is InChI=1S/C33H24Cl4N4/c1-21(41(33-9-5-3-7-31(33)39)20-23-11-13-27(35)16-30(23)37)24(17-38)14-25-19-40(32-8-4-2-6-28(25)32)18-22-10-12-26(34)15-29(22)36/h2-16,19H,1,18,20,39H2/b24-14+. The molecule has 0 saturated carbocycles. The first kappa shape index (κ1) is 28.7. The van der Waals surface area contributed by atoms with Crippen molar-refractivity contribution in [3.05, 3.63) is 146 Å². The highest BCUT2D eigenvalue weighted by Gasteiger charge is 2.19. The number of rotatable bonds is 8. The van der Waals surface area contributed by atoms with Crippen molar-refractivity contribution in [3.63, 3.8) is 0 Å². The Morgan fingerprint density at radius 1 is 0.878 bits per heavy atom. The van der Waals surface area contributed by atoms with Crippen molar-refractivity contribution in [2.45, 2.75) is 13.1 Å². The molecule has 0 aliphatic rings. The first-order chi connectivity index (χ1) is 19.7. The SMILES string of the molecule is C=C(/C(C#N)=C/c1cn(Cc2ccc(Cl)cc2Cl)c2ccccc12)N(Cc1ccc(Cl)cc1Cl)c1ccccc1N. The molecule has 0 spiro atoms. The lowest BCUT2D eigenvalue weighted by Crippen LogP contribution is -2.23. The van der Waals surface area contributed by atoms with Gasteiger partial charge in [0.1, 0.15) is 6.07 Å². The zero-order chi connectivity index (χ0) is 29.1. The zero-order valence-corrected chi connectivity index (χ0v) is 24.8. The Bertz CT molecular complexity index is 1850. The normalized spacial score (nSPS) is 11.4. The van der Waals surface area contributed by atoms with E-state index >= 15 is 0 Å². The van der Waals surface area contributed by atoms with Crippen molar-refractivity contribution in [3.8, 4) is 6.07 Å². The van der Waals surface area contributed by atoms with E-state index in [4.69, 9.17) is 52.1 Å². The van der Waals surface area contributed by atoms with E-state index in [1.807, 2.05) is 83.9 Å². The molecule has 0 radical (unpaired) electrons.